The van der Waals surface area contributed by atoms with Gasteiger partial charge in [0.05, 0.1) is 11.3 Å². The standard InChI is InChI=1S/C29H28F3NOS2/c1-19-18-24(16-17-25(19)34)35-26(11-7-6-10-21-8-4-3-5-9-21)27-20(2)33-28(36-27)22-12-14-23(15-13-22)29(30,31)32/h3-5,8-9,12-18,26,34H,6-7,10-11H2,1-2H3. The predicted molar refractivity (Wildman–Crippen MR) is 143 cm³/mol. The molecule has 1 unspecified atom stereocenters. The minimum Gasteiger partial charge on any atom is -0.508 e. The molecule has 7 heteroatoms. The van der Waals surface area contributed by atoms with Crippen LogP contribution in [0.1, 0.15) is 51.8 Å². The first-order valence-electron chi connectivity index (χ1n) is 11.9. The summed E-state index contributed by atoms with van der Waals surface area (Å²) >= 11 is 3.30. The lowest BCUT2D eigenvalue weighted by Crippen LogP contribution is -2.03. The van der Waals surface area contributed by atoms with E-state index in [0.717, 1.165) is 63.9 Å². The lowest BCUT2D eigenvalue weighted by atomic mass is 10.1. The molecular formula is C29H28F3NOS2. The van der Waals surface area contributed by atoms with Gasteiger partial charge in [0, 0.05) is 20.6 Å². The third-order valence-electron chi connectivity index (χ3n) is 6.06. The van der Waals surface area contributed by atoms with Gasteiger partial charge in [0.15, 0.2) is 0 Å². The van der Waals surface area contributed by atoms with E-state index >= 15 is 0 Å². The van der Waals surface area contributed by atoms with Crippen LogP contribution in [0, 0.1) is 13.8 Å². The van der Waals surface area contributed by atoms with Gasteiger partial charge in [-0.25, -0.2) is 4.98 Å². The van der Waals surface area contributed by atoms with Crippen LogP contribution < -0.4 is 0 Å². The fourth-order valence-electron chi connectivity index (χ4n) is 4.04. The second-order valence-electron chi connectivity index (χ2n) is 8.83. The minimum absolute atomic E-state index is 0.158. The van der Waals surface area contributed by atoms with E-state index in [0.29, 0.717) is 5.56 Å². The van der Waals surface area contributed by atoms with E-state index < -0.39 is 11.7 Å². The Balaban J connectivity index is 1.54. The van der Waals surface area contributed by atoms with Crippen molar-refractivity contribution in [2.45, 2.75) is 55.9 Å². The molecule has 188 valence electrons. The molecular weight excluding hydrogens is 499 g/mol. The fraction of sp³-hybridized carbons (Fsp3) is 0.276. The van der Waals surface area contributed by atoms with Crippen LogP contribution in [0.2, 0.25) is 0 Å². The maximum Gasteiger partial charge on any atom is 0.416 e. The number of phenols is 1. The summed E-state index contributed by atoms with van der Waals surface area (Å²) in [7, 11) is 0. The number of aryl methyl sites for hydroxylation is 3. The highest BCUT2D eigenvalue weighted by atomic mass is 32.2. The quantitative estimate of drug-likeness (QED) is 0.174. The van der Waals surface area contributed by atoms with Crippen LogP contribution >= 0.6 is 23.1 Å². The van der Waals surface area contributed by atoms with Crippen molar-refractivity contribution in [3.05, 3.63) is 100 Å². The Morgan fingerprint density at radius 3 is 2.33 bits per heavy atom. The Labute approximate surface area is 218 Å². The first-order chi connectivity index (χ1) is 17.2. The average Bonchev–Trinajstić information content (AvgIpc) is 3.25. The van der Waals surface area contributed by atoms with Crippen molar-refractivity contribution in [1.29, 1.82) is 0 Å². The molecule has 0 spiro atoms. The van der Waals surface area contributed by atoms with E-state index in [1.165, 1.54) is 17.7 Å². The highest BCUT2D eigenvalue weighted by Gasteiger charge is 2.30. The SMILES string of the molecule is Cc1cc(SC(CCCCc2ccccc2)c2sc(-c3ccc(C(F)(F)F)cc3)nc2C)ccc1O. The van der Waals surface area contributed by atoms with Crippen molar-refractivity contribution in [2.75, 3.05) is 0 Å². The highest BCUT2D eigenvalue weighted by Crippen LogP contribution is 2.45. The summed E-state index contributed by atoms with van der Waals surface area (Å²) in [6.07, 6.45) is -0.274. The fourth-order valence-corrected chi connectivity index (χ4v) is 6.70. The molecule has 0 saturated carbocycles. The highest BCUT2D eigenvalue weighted by molar-refractivity contribution is 7.99. The summed E-state index contributed by atoms with van der Waals surface area (Å²) in [6.45, 7) is 3.86. The minimum atomic E-state index is -4.35. The van der Waals surface area contributed by atoms with E-state index in [-0.39, 0.29) is 11.0 Å². The number of phenolic OH excluding ortho intramolecular Hbond substituents is 1. The van der Waals surface area contributed by atoms with Crippen LogP contribution in [0.4, 0.5) is 13.2 Å². The maximum absolute atomic E-state index is 13.0. The third kappa shape index (κ3) is 6.71. The predicted octanol–water partition coefficient (Wildman–Crippen LogP) is 9.40. The maximum atomic E-state index is 13.0. The number of thioether (sulfide) groups is 1. The van der Waals surface area contributed by atoms with E-state index in [1.807, 2.05) is 32.0 Å². The summed E-state index contributed by atoms with van der Waals surface area (Å²) < 4.78 is 38.9. The van der Waals surface area contributed by atoms with Gasteiger partial charge >= 0.3 is 6.18 Å². The van der Waals surface area contributed by atoms with Gasteiger partial charge in [0.2, 0.25) is 0 Å². The number of aromatic nitrogens is 1. The zero-order valence-corrected chi connectivity index (χ0v) is 21.8. The molecule has 0 aliphatic heterocycles. The van der Waals surface area contributed by atoms with Gasteiger partial charge in [-0.05, 0) is 74.6 Å². The molecule has 0 radical (unpaired) electrons. The van der Waals surface area contributed by atoms with Crippen LogP contribution in [-0.2, 0) is 12.6 Å². The van der Waals surface area contributed by atoms with Crippen molar-refractivity contribution in [1.82, 2.24) is 4.98 Å². The normalized spacial score (nSPS) is 12.6. The Kier molecular flexibility index (Phi) is 8.42. The number of halogens is 3. The van der Waals surface area contributed by atoms with Gasteiger partial charge in [-0.3, -0.25) is 0 Å². The second kappa shape index (κ2) is 11.5. The van der Waals surface area contributed by atoms with Crippen LogP contribution in [-0.4, -0.2) is 10.1 Å². The van der Waals surface area contributed by atoms with Gasteiger partial charge in [-0.2, -0.15) is 13.2 Å². The molecule has 0 bridgehead atoms. The molecule has 2 nitrogen and oxygen atoms in total. The summed E-state index contributed by atoms with van der Waals surface area (Å²) in [5.41, 5.74) is 3.10. The van der Waals surface area contributed by atoms with Gasteiger partial charge in [0.25, 0.3) is 0 Å². The van der Waals surface area contributed by atoms with Crippen molar-refractivity contribution >= 4 is 23.1 Å². The average molecular weight is 528 g/mol. The van der Waals surface area contributed by atoms with Crippen molar-refractivity contribution < 1.29 is 18.3 Å². The molecule has 4 aromatic rings. The lowest BCUT2D eigenvalue weighted by Gasteiger charge is -2.16. The number of rotatable bonds is 9. The topological polar surface area (TPSA) is 33.1 Å². The molecule has 1 heterocycles. The number of unbranched alkanes of at least 4 members (excludes halogenated alkanes) is 1. The molecule has 1 aromatic heterocycles. The summed E-state index contributed by atoms with van der Waals surface area (Å²) in [5, 5.41) is 10.8. The number of hydrogen-bond acceptors (Lipinski definition) is 4. The Hall–Kier alpha value is -2.77. The summed E-state index contributed by atoms with van der Waals surface area (Å²) in [5.74, 6) is 0.275. The van der Waals surface area contributed by atoms with Gasteiger partial charge in [0.1, 0.15) is 10.8 Å². The molecule has 0 aliphatic carbocycles. The van der Waals surface area contributed by atoms with Crippen LogP contribution in [0.3, 0.4) is 0 Å². The second-order valence-corrected chi connectivity index (χ2v) is 11.1. The first kappa shape index (κ1) is 26.3. The first-order valence-corrected chi connectivity index (χ1v) is 13.6. The number of nitrogens with zero attached hydrogens (tertiary/aromatic N) is 1. The molecule has 0 saturated heterocycles. The van der Waals surface area contributed by atoms with Crippen molar-refractivity contribution in [3.8, 4) is 16.3 Å². The van der Waals surface area contributed by atoms with Gasteiger partial charge in [-0.15, -0.1) is 23.1 Å². The smallest absolute Gasteiger partial charge is 0.416 e. The summed E-state index contributed by atoms with van der Waals surface area (Å²) in [4.78, 5) is 6.94. The Morgan fingerprint density at radius 1 is 0.944 bits per heavy atom. The van der Waals surface area contributed by atoms with E-state index in [4.69, 9.17) is 4.98 Å². The number of alkyl halides is 3. The van der Waals surface area contributed by atoms with Gasteiger partial charge in [-0.1, -0.05) is 48.9 Å². The third-order valence-corrected chi connectivity index (χ3v) is 8.81. The number of thiazole rings is 1. The van der Waals surface area contributed by atoms with Crippen molar-refractivity contribution in [3.63, 3.8) is 0 Å². The number of hydrogen-bond donors (Lipinski definition) is 1. The molecule has 0 amide bonds. The van der Waals surface area contributed by atoms with Crippen LogP contribution in [0.5, 0.6) is 5.75 Å². The zero-order valence-electron chi connectivity index (χ0n) is 20.2. The van der Waals surface area contributed by atoms with E-state index in [9.17, 15) is 18.3 Å². The Bertz CT molecular complexity index is 1280. The van der Waals surface area contributed by atoms with E-state index in [2.05, 4.69) is 24.3 Å². The van der Waals surface area contributed by atoms with E-state index in [1.54, 1.807) is 29.2 Å². The number of aromatic hydroxyl groups is 1. The summed E-state index contributed by atoms with van der Waals surface area (Å²) in [6, 6.07) is 21.3. The number of benzene rings is 3. The largest absolute Gasteiger partial charge is 0.508 e. The molecule has 0 fully saturated rings. The molecule has 36 heavy (non-hydrogen) atoms. The van der Waals surface area contributed by atoms with Crippen LogP contribution in [0.15, 0.2) is 77.7 Å². The van der Waals surface area contributed by atoms with Gasteiger partial charge < -0.3 is 5.11 Å². The lowest BCUT2D eigenvalue weighted by molar-refractivity contribution is -0.137. The molecule has 1 atom stereocenters. The molecule has 4 rings (SSSR count). The molecule has 3 aromatic carbocycles. The van der Waals surface area contributed by atoms with Crippen LogP contribution in [0.25, 0.3) is 10.6 Å². The van der Waals surface area contributed by atoms with Crippen molar-refractivity contribution in [2.24, 2.45) is 0 Å². The Morgan fingerprint density at radius 2 is 1.67 bits per heavy atom. The monoisotopic (exact) mass is 527 g/mol. The molecule has 1 N–H and O–H groups in total. The molecule has 0 aliphatic rings. The zero-order chi connectivity index (χ0) is 25.7.